The van der Waals surface area contributed by atoms with Crippen LogP contribution in [-0.2, 0) is 12.6 Å². The van der Waals surface area contributed by atoms with E-state index in [1.54, 1.807) is 12.1 Å². The minimum absolute atomic E-state index is 0.0537. The smallest absolute Gasteiger partial charge is 0.292 e. The van der Waals surface area contributed by atoms with Crippen LogP contribution in [0.15, 0.2) is 35.9 Å². The van der Waals surface area contributed by atoms with Crippen molar-refractivity contribution in [3.8, 4) is 0 Å². The minimum atomic E-state index is -4.49. The van der Waals surface area contributed by atoms with Gasteiger partial charge in [-0.3, -0.25) is 14.9 Å². The van der Waals surface area contributed by atoms with Crippen LogP contribution in [0.3, 0.4) is 0 Å². The fraction of sp³-hybridized carbons (Fsp3) is 0.200. The highest BCUT2D eigenvalue weighted by molar-refractivity contribution is 7.99. The Kier molecular flexibility index (Phi) is 5.64. The van der Waals surface area contributed by atoms with E-state index in [0.29, 0.717) is 15.7 Å². The van der Waals surface area contributed by atoms with Gasteiger partial charge in [0, 0.05) is 17.5 Å². The summed E-state index contributed by atoms with van der Waals surface area (Å²) in [7, 11) is 0. The van der Waals surface area contributed by atoms with Crippen molar-refractivity contribution in [2.75, 3.05) is 5.75 Å². The van der Waals surface area contributed by atoms with Crippen LogP contribution >= 0.6 is 34.7 Å². The van der Waals surface area contributed by atoms with E-state index in [9.17, 15) is 18.0 Å². The Balaban J connectivity index is 1.65. The highest BCUT2D eigenvalue weighted by atomic mass is 35.5. The highest BCUT2D eigenvalue weighted by Crippen LogP contribution is 2.32. The molecule has 3 aromatic heterocycles. The van der Waals surface area contributed by atoms with Gasteiger partial charge in [0.1, 0.15) is 6.33 Å². The van der Waals surface area contributed by atoms with Crippen LogP contribution in [0.2, 0.25) is 5.02 Å². The normalized spacial score (nSPS) is 11.7. The third-order valence-corrected chi connectivity index (χ3v) is 5.59. The minimum Gasteiger partial charge on any atom is -0.292 e. The summed E-state index contributed by atoms with van der Waals surface area (Å²) in [6, 6.07) is 4.28. The molecule has 3 heterocycles. The average molecular weight is 419 g/mol. The van der Waals surface area contributed by atoms with Gasteiger partial charge in [-0.15, -0.1) is 11.3 Å². The van der Waals surface area contributed by atoms with Crippen LogP contribution in [0.4, 0.5) is 13.2 Å². The molecule has 0 fully saturated rings. The summed E-state index contributed by atoms with van der Waals surface area (Å²) in [5, 5.41) is 6.85. The first-order chi connectivity index (χ1) is 12.3. The monoisotopic (exact) mass is 418 g/mol. The van der Waals surface area contributed by atoms with Gasteiger partial charge in [-0.2, -0.15) is 18.3 Å². The molecule has 0 atom stereocenters. The molecule has 0 aliphatic heterocycles. The van der Waals surface area contributed by atoms with Gasteiger partial charge in [0.25, 0.3) is 0 Å². The lowest BCUT2D eigenvalue weighted by Crippen LogP contribution is -2.06. The fourth-order valence-corrected chi connectivity index (χ4v) is 3.94. The number of hydrogen-bond donors (Lipinski definition) is 1. The van der Waals surface area contributed by atoms with E-state index in [1.807, 2.05) is 0 Å². The largest absolute Gasteiger partial charge is 0.417 e. The second-order valence-electron chi connectivity index (χ2n) is 5.10. The van der Waals surface area contributed by atoms with Crippen LogP contribution in [0.1, 0.15) is 25.8 Å². The van der Waals surface area contributed by atoms with Crippen molar-refractivity contribution in [2.45, 2.75) is 17.8 Å². The molecule has 1 N–H and O–H groups in total. The first-order valence-corrected chi connectivity index (χ1v) is 9.32. The van der Waals surface area contributed by atoms with Gasteiger partial charge in [0.05, 0.1) is 26.9 Å². The molecule has 0 radical (unpaired) electrons. The van der Waals surface area contributed by atoms with Crippen molar-refractivity contribution in [3.05, 3.63) is 56.8 Å². The number of carbonyl (C=O) groups is 1. The van der Waals surface area contributed by atoms with Crippen molar-refractivity contribution >= 4 is 40.5 Å². The van der Waals surface area contributed by atoms with Crippen LogP contribution in [0.25, 0.3) is 0 Å². The number of alkyl halides is 3. The Hall–Kier alpha value is -1.91. The number of rotatable bonds is 6. The molecule has 26 heavy (non-hydrogen) atoms. The molecule has 0 unspecified atom stereocenters. The van der Waals surface area contributed by atoms with Gasteiger partial charge in [-0.1, -0.05) is 23.4 Å². The zero-order valence-electron chi connectivity index (χ0n) is 12.9. The maximum atomic E-state index is 12.6. The number of aromatic nitrogens is 4. The predicted octanol–water partition coefficient (Wildman–Crippen LogP) is 4.50. The molecule has 136 valence electrons. The third-order valence-electron chi connectivity index (χ3n) is 3.26. The summed E-state index contributed by atoms with van der Waals surface area (Å²) in [6.45, 7) is 0. The van der Waals surface area contributed by atoms with Gasteiger partial charge >= 0.3 is 6.18 Å². The molecule has 0 amide bonds. The molecule has 3 rings (SSSR count). The number of nitrogens with one attached hydrogen (secondary N) is 1. The first kappa shape index (κ1) is 18.9. The maximum absolute atomic E-state index is 12.6. The van der Waals surface area contributed by atoms with Gasteiger partial charge < -0.3 is 0 Å². The zero-order valence-corrected chi connectivity index (χ0v) is 15.3. The number of ketones is 1. The highest BCUT2D eigenvalue weighted by Gasteiger charge is 2.31. The topological polar surface area (TPSA) is 71.5 Å². The summed E-state index contributed by atoms with van der Waals surface area (Å²) in [4.78, 5) is 21.3. The van der Waals surface area contributed by atoms with E-state index in [2.05, 4.69) is 20.2 Å². The Morgan fingerprint density at radius 1 is 1.31 bits per heavy atom. The van der Waals surface area contributed by atoms with E-state index < -0.39 is 11.7 Å². The molecule has 5 nitrogen and oxygen atoms in total. The molecule has 0 saturated heterocycles. The SMILES string of the molecule is O=C(CSc1ncn[nH]1)c1ccc(Cc2ncc(C(F)(F)F)cc2Cl)s1. The summed E-state index contributed by atoms with van der Waals surface area (Å²) in [6.07, 6.45) is -2.12. The summed E-state index contributed by atoms with van der Waals surface area (Å²) in [5.74, 6) is 0.128. The molecule has 3 aromatic rings. The number of thiophene rings is 1. The van der Waals surface area contributed by atoms with Gasteiger partial charge in [-0.05, 0) is 18.2 Å². The molecule has 0 aromatic carbocycles. The number of thioether (sulfide) groups is 1. The Bertz CT molecular complexity index is 912. The van der Waals surface area contributed by atoms with E-state index >= 15 is 0 Å². The zero-order chi connectivity index (χ0) is 18.7. The van der Waals surface area contributed by atoms with E-state index in [0.717, 1.165) is 17.1 Å². The van der Waals surface area contributed by atoms with E-state index in [4.69, 9.17) is 11.6 Å². The Labute approximate surface area is 159 Å². The Morgan fingerprint density at radius 2 is 2.12 bits per heavy atom. The van der Waals surface area contributed by atoms with E-state index in [1.165, 1.54) is 29.4 Å². The lowest BCUT2D eigenvalue weighted by molar-refractivity contribution is -0.137. The summed E-state index contributed by atoms with van der Waals surface area (Å²) in [5.41, 5.74) is -0.561. The van der Waals surface area contributed by atoms with Crippen LogP contribution in [0, 0.1) is 0 Å². The quantitative estimate of drug-likeness (QED) is 0.471. The van der Waals surface area contributed by atoms with E-state index in [-0.39, 0.29) is 23.0 Å². The number of H-pyrrole nitrogens is 1. The molecule has 0 bridgehead atoms. The van der Waals surface area contributed by atoms with Gasteiger partial charge in [0.2, 0.25) is 0 Å². The van der Waals surface area contributed by atoms with Crippen molar-refractivity contribution in [2.24, 2.45) is 0 Å². The van der Waals surface area contributed by atoms with Gasteiger partial charge in [-0.25, -0.2) is 4.98 Å². The third kappa shape index (κ3) is 4.63. The number of carbonyl (C=O) groups excluding carboxylic acids is 1. The fourth-order valence-electron chi connectivity index (χ4n) is 2.01. The molecule has 0 saturated carbocycles. The number of halogens is 4. The molecular weight excluding hydrogens is 409 g/mol. The summed E-state index contributed by atoms with van der Waals surface area (Å²) < 4.78 is 37.9. The number of pyridine rings is 1. The van der Waals surface area contributed by atoms with Crippen molar-refractivity contribution in [3.63, 3.8) is 0 Å². The van der Waals surface area contributed by atoms with Crippen LogP contribution in [-0.4, -0.2) is 31.7 Å². The Morgan fingerprint density at radius 3 is 2.77 bits per heavy atom. The predicted molar refractivity (Wildman–Crippen MR) is 92.8 cm³/mol. The lowest BCUT2D eigenvalue weighted by atomic mass is 10.2. The second-order valence-corrected chi connectivity index (χ2v) is 7.64. The molecular formula is C15H10ClF3N4OS2. The second kappa shape index (κ2) is 7.77. The molecule has 11 heteroatoms. The van der Waals surface area contributed by atoms with Crippen molar-refractivity contribution in [1.29, 1.82) is 0 Å². The molecule has 0 aliphatic carbocycles. The van der Waals surface area contributed by atoms with Gasteiger partial charge in [0.15, 0.2) is 10.9 Å². The average Bonchev–Trinajstić information content (AvgIpc) is 3.25. The lowest BCUT2D eigenvalue weighted by Gasteiger charge is -2.08. The number of aromatic amines is 1. The molecule has 0 spiro atoms. The number of hydrogen-bond acceptors (Lipinski definition) is 6. The standard InChI is InChI=1S/C15H10ClF3N4OS2/c16-10-3-8(15(17,18)19)5-20-11(10)4-9-1-2-13(26-9)12(24)6-25-14-21-7-22-23-14/h1-3,5,7H,4,6H2,(H,21,22,23). The van der Waals surface area contributed by atoms with Crippen molar-refractivity contribution in [1.82, 2.24) is 20.2 Å². The number of Topliss-reactive ketones (excluding diaryl/α,β-unsaturated/α-hetero) is 1. The first-order valence-electron chi connectivity index (χ1n) is 7.14. The number of nitrogens with zero attached hydrogens (tertiary/aromatic N) is 3. The van der Waals surface area contributed by atoms with Crippen LogP contribution < -0.4 is 0 Å². The summed E-state index contributed by atoms with van der Waals surface area (Å²) >= 11 is 8.42. The van der Waals surface area contributed by atoms with Crippen LogP contribution in [0.5, 0.6) is 0 Å². The maximum Gasteiger partial charge on any atom is 0.417 e. The molecule has 0 aliphatic rings. The van der Waals surface area contributed by atoms with Crippen molar-refractivity contribution < 1.29 is 18.0 Å².